The highest BCUT2D eigenvalue weighted by atomic mass is 16.3. The van der Waals surface area contributed by atoms with Crippen molar-refractivity contribution in [2.45, 2.75) is 6.92 Å². The summed E-state index contributed by atoms with van der Waals surface area (Å²) in [6, 6.07) is 44.6. The van der Waals surface area contributed by atoms with Crippen LogP contribution in [0, 0.1) is 6.92 Å². The van der Waals surface area contributed by atoms with Gasteiger partial charge in [-0.2, -0.15) is 4.57 Å². The average Bonchev–Trinajstić information content (AvgIpc) is 3.60. The van der Waals surface area contributed by atoms with E-state index >= 15 is 0 Å². The van der Waals surface area contributed by atoms with Crippen molar-refractivity contribution in [3.05, 3.63) is 139 Å². The zero-order chi connectivity index (χ0) is 28.2. The largest absolute Gasteiger partial charge is 0.455 e. The van der Waals surface area contributed by atoms with Crippen molar-refractivity contribution in [3.63, 3.8) is 0 Å². The van der Waals surface area contributed by atoms with Crippen LogP contribution in [0.2, 0.25) is 0 Å². The molecule has 0 bridgehead atoms. The number of rotatable bonds is 4. The first-order chi connectivity index (χ1) is 20.7. The maximum atomic E-state index is 6.55. The fraction of sp³-hybridized carbons (Fsp3) is 0.0526. The van der Waals surface area contributed by atoms with Crippen molar-refractivity contribution >= 4 is 33.1 Å². The lowest BCUT2D eigenvalue weighted by atomic mass is 9.95. The quantitative estimate of drug-likeness (QED) is 0.208. The van der Waals surface area contributed by atoms with Gasteiger partial charge in [-0.3, -0.25) is 0 Å². The third kappa shape index (κ3) is 3.76. The molecule has 0 saturated heterocycles. The summed E-state index contributed by atoms with van der Waals surface area (Å²) in [5.41, 5.74) is 11.4. The lowest BCUT2D eigenvalue weighted by molar-refractivity contribution is -0.647. The van der Waals surface area contributed by atoms with Gasteiger partial charge < -0.3 is 4.42 Å². The number of furan rings is 1. The first-order valence-electron chi connectivity index (χ1n) is 14.2. The summed E-state index contributed by atoms with van der Waals surface area (Å²) in [7, 11) is 2.10. The van der Waals surface area contributed by atoms with Crippen LogP contribution in [0.1, 0.15) is 5.56 Å². The van der Waals surface area contributed by atoms with Gasteiger partial charge >= 0.3 is 5.65 Å². The molecule has 0 aliphatic heterocycles. The van der Waals surface area contributed by atoms with Crippen molar-refractivity contribution in [1.29, 1.82) is 0 Å². The Hall–Kier alpha value is -5.48. The van der Waals surface area contributed by atoms with Crippen LogP contribution in [0.15, 0.2) is 138 Å². The Morgan fingerprint density at radius 3 is 1.95 bits per heavy atom. The standard InChI is InChI=1S/C38H28N3O/c1-25-23-33-38(40(2)24-25)41(37(39-33)32-21-12-20-31-30-17-9-10-22-34(30)42-36(31)32)35-28(26-13-5-3-6-14-26)18-11-19-29(35)27-15-7-4-8-16-27/h3-24H,1-2H3/q+1. The second kappa shape index (κ2) is 9.57. The Balaban J connectivity index is 1.56. The van der Waals surface area contributed by atoms with E-state index in [1.807, 2.05) is 12.1 Å². The maximum absolute atomic E-state index is 6.55. The van der Waals surface area contributed by atoms with Crippen LogP contribution >= 0.6 is 0 Å². The van der Waals surface area contributed by atoms with E-state index in [0.717, 1.165) is 78.0 Å². The topological polar surface area (TPSA) is 34.8 Å². The minimum atomic E-state index is 0.841. The molecule has 0 saturated carbocycles. The van der Waals surface area contributed by atoms with Crippen molar-refractivity contribution in [2.24, 2.45) is 7.05 Å². The minimum Gasteiger partial charge on any atom is -0.455 e. The molecule has 0 aliphatic rings. The molecule has 8 aromatic rings. The third-order valence-corrected chi connectivity index (χ3v) is 8.05. The van der Waals surface area contributed by atoms with Crippen LogP contribution in [-0.2, 0) is 7.05 Å². The maximum Gasteiger partial charge on any atom is 0.314 e. The highest BCUT2D eigenvalue weighted by Gasteiger charge is 2.30. The van der Waals surface area contributed by atoms with Crippen LogP contribution in [-0.4, -0.2) is 9.55 Å². The van der Waals surface area contributed by atoms with E-state index in [2.05, 4.69) is 145 Å². The van der Waals surface area contributed by atoms with E-state index in [4.69, 9.17) is 9.40 Å². The molecule has 0 unspecified atom stereocenters. The predicted molar refractivity (Wildman–Crippen MR) is 171 cm³/mol. The van der Waals surface area contributed by atoms with Gasteiger partial charge in [0.25, 0.3) is 0 Å². The lowest BCUT2D eigenvalue weighted by Crippen LogP contribution is -2.31. The molecule has 0 amide bonds. The van der Waals surface area contributed by atoms with Crippen LogP contribution in [0.4, 0.5) is 0 Å². The number of hydrogen-bond acceptors (Lipinski definition) is 2. The number of pyridine rings is 1. The van der Waals surface area contributed by atoms with Gasteiger partial charge in [0.15, 0.2) is 11.2 Å². The molecule has 0 aliphatic carbocycles. The van der Waals surface area contributed by atoms with Gasteiger partial charge in [0.05, 0.1) is 18.8 Å². The van der Waals surface area contributed by atoms with E-state index in [1.165, 1.54) is 0 Å². The number of aryl methyl sites for hydroxylation is 2. The Bertz CT molecular complexity index is 2200. The van der Waals surface area contributed by atoms with Gasteiger partial charge in [-0.25, -0.2) is 9.55 Å². The smallest absolute Gasteiger partial charge is 0.314 e. The zero-order valence-electron chi connectivity index (χ0n) is 23.5. The number of imidazole rings is 1. The first kappa shape index (κ1) is 24.3. The summed E-state index contributed by atoms with van der Waals surface area (Å²) in [6.45, 7) is 2.12. The second-order valence-corrected chi connectivity index (χ2v) is 10.8. The number of hydrogen-bond donors (Lipinski definition) is 0. The van der Waals surface area contributed by atoms with Crippen molar-refractivity contribution < 1.29 is 8.98 Å². The molecular formula is C38H28N3O+. The SMILES string of the molecule is Cc1cc2nc(-c3cccc4c3oc3ccccc34)n(-c3c(-c4ccccc4)cccc3-c3ccccc3)c2[n+](C)c1. The molecule has 42 heavy (non-hydrogen) atoms. The van der Waals surface area contributed by atoms with E-state index < -0.39 is 0 Å². The van der Waals surface area contributed by atoms with Gasteiger partial charge in [0.1, 0.15) is 11.2 Å². The van der Waals surface area contributed by atoms with E-state index in [9.17, 15) is 0 Å². The van der Waals surface area contributed by atoms with Crippen molar-refractivity contribution in [1.82, 2.24) is 9.55 Å². The van der Waals surface area contributed by atoms with E-state index in [1.54, 1.807) is 0 Å². The minimum absolute atomic E-state index is 0.841. The number of para-hydroxylation sites is 3. The van der Waals surface area contributed by atoms with E-state index in [0.29, 0.717) is 0 Å². The Labute approximate surface area is 243 Å². The zero-order valence-corrected chi connectivity index (χ0v) is 23.5. The van der Waals surface area contributed by atoms with Crippen LogP contribution < -0.4 is 4.57 Å². The van der Waals surface area contributed by atoms with Crippen LogP contribution in [0.3, 0.4) is 0 Å². The number of fused-ring (bicyclic) bond motifs is 4. The monoisotopic (exact) mass is 542 g/mol. The predicted octanol–water partition coefficient (Wildman–Crippen LogP) is 9.06. The average molecular weight is 543 g/mol. The molecule has 0 radical (unpaired) electrons. The molecular weight excluding hydrogens is 514 g/mol. The number of nitrogens with zero attached hydrogens (tertiary/aromatic N) is 3. The molecule has 0 fully saturated rings. The highest BCUT2D eigenvalue weighted by Crippen LogP contribution is 2.42. The molecule has 4 heteroatoms. The molecule has 0 N–H and O–H groups in total. The molecule has 3 heterocycles. The fourth-order valence-electron chi connectivity index (χ4n) is 6.29. The Morgan fingerprint density at radius 1 is 0.643 bits per heavy atom. The Morgan fingerprint density at radius 2 is 1.24 bits per heavy atom. The molecule has 0 spiro atoms. The third-order valence-electron chi connectivity index (χ3n) is 8.05. The van der Waals surface area contributed by atoms with E-state index in [-0.39, 0.29) is 0 Å². The summed E-state index contributed by atoms with van der Waals surface area (Å²) in [5, 5.41) is 2.19. The van der Waals surface area contributed by atoms with Gasteiger partial charge in [-0.15, -0.1) is 0 Å². The van der Waals surface area contributed by atoms with Crippen molar-refractivity contribution in [2.75, 3.05) is 0 Å². The fourth-order valence-corrected chi connectivity index (χ4v) is 6.29. The lowest BCUT2D eigenvalue weighted by Gasteiger charge is -2.15. The van der Waals surface area contributed by atoms with Gasteiger partial charge in [0, 0.05) is 21.9 Å². The normalized spacial score (nSPS) is 11.6. The number of aromatic nitrogens is 3. The molecule has 0 atom stereocenters. The molecule has 4 nitrogen and oxygen atoms in total. The summed E-state index contributed by atoms with van der Waals surface area (Å²) in [6.07, 6.45) is 2.17. The highest BCUT2D eigenvalue weighted by molar-refractivity contribution is 6.09. The van der Waals surface area contributed by atoms with Gasteiger partial charge in [-0.05, 0) is 41.8 Å². The number of benzene rings is 5. The van der Waals surface area contributed by atoms with Crippen LogP contribution in [0.25, 0.3) is 72.4 Å². The summed E-state index contributed by atoms with van der Waals surface area (Å²) >= 11 is 0. The van der Waals surface area contributed by atoms with Crippen molar-refractivity contribution in [3.8, 4) is 39.3 Å². The molecule has 8 rings (SSSR count). The summed E-state index contributed by atoms with van der Waals surface area (Å²) in [5.74, 6) is 0.844. The summed E-state index contributed by atoms with van der Waals surface area (Å²) in [4.78, 5) is 5.35. The van der Waals surface area contributed by atoms with Gasteiger partial charge in [0.2, 0.25) is 5.82 Å². The Kier molecular flexibility index (Phi) is 5.54. The molecule has 5 aromatic carbocycles. The van der Waals surface area contributed by atoms with Crippen LogP contribution in [0.5, 0.6) is 0 Å². The summed E-state index contributed by atoms with van der Waals surface area (Å²) < 4.78 is 11.1. The molecule has 3 aromatic heterocycles. The van der Waals surface area contributed by atoms with Gasteiger partial charge in [-0.1, -0.05) is 109 Å². The second-order valence-electron chi connectivity index (χ2n) is 10.8. The molecule has 200 valence electrons. The first-order valence-corrected chi connectivity index (χ1v) is 14.2.